The number of furan rings is 1. The van der Waals surface area contributed by atoms with Crippen molar-refractivity contribution in [1.82, 2.24) is 4.57 Å². The second-order valence-electron chi connectivity index (χ2n) is 12.1. The largest absolute Gasteiger partial charge is 0.507 e. The Morgan fingerprint density at radius 2 is 1.38 bits per heavy atom. The Labute approximate surface area is 272 Å². The zero-order chi connectivity index (χ0) is 31.6. The zero-order valence-electron chi connectivity index (χ0n) is 25.8. The highest BCUT2D eigenvalue weighted by Gasteiger charge is 2.19. The summed E-state index contributed by atoms with van der Waals surface area (Å²) in [5, 5.41) is 15.7. The molecule has 8 aromatic rings. The maximum absolute atomic E-state index is 11.1. The number of hydrogen-bond acceptors (Lipinski definition) is 3. The van der Waals surface area contributed by atoms with Crippen LogP contribution in [0.25, 0.3) is 77.3 Å². The van der Waals surface area contributed by atoms with Crippen molar-refractivity contribution in [2.24, 2.45) is 0 Å². The number of rotatable bonds is 3. The Kier molecular flexibility index (Phi) is 5.99. The summed E-state index contributed by atoms with van der Waals surface area (Å²) in [7, 11) is 2.04. The van der Waals surface area contributed by atoms with E-state index in [1.165, 1.54) is 10.8 Å². The molecule has 0 bridgehead atoms. The standard InChI is InChI=1S/C43H30N2O2/c1-27-10-7-8-23-44(2)39-20-19-34-36-26-29(18-22-41(36)47-43(34)42(27)39)28-17-21-40(46)35(25-28)30-11-9-12-31(24-30)45-37-15-5-3-13-32(37)33-14-4-6-16-38(33)45/h3-26,46H,1H2,2H3/b10-7-,23-8-. The molecule has 6 aromatic carbocycles. The first-order valence-corrected chi connectivity index (χ1v) is 15.7. The molecule has 0 saturated heterocycles. The summed E-state index contributed by atoms with van der Waals surface area (Å²) >= 11 is 0. The second-order valence-corrected chi connectivity index (χ2v) is 12.1. The summed E-state index contributed by atoms with van der Waals surface area (Å²) in [6.45, 7) is 4.34. The number of benzene rings is 6. The number of phenolic OH excluding ortho intramolecular Hbond substituents is 1. The lowest BCUT2D eigenvalue weighted by molar-refractivity contribution is 0.477. The Morgan fingerprint density at radius 3 is 2.19 bits per heavy atom. The smallest absolute Gasteiger partial charge is 0.145 e. The highest BCUT2D eigenvalue weighted by Crippen LogP contribution is 2.42. The Bertz CT molecular complexity index is 2580. The monoisotopic (exact) mass is 606 g/mol. The lowest BCUT2D eigenvalue weighted by Crippen LogP contribution is -2.10. The van der Waals surface area contributed by atoms with E-state index in [-0.39, 0.29) is 5.75 Å². The molecule has 0 amide bonds. The zero-order valence-corrected chi connectivity index (χ0v) is 25.8. The van der Waals surface area contributed by atoms with E-state index >= 15 is 0 Å². The molecule has 47 heavy (non-hydrogen) atoms. The predicted molar refractivity (Wildman–Crippen MR) is 196 cm³/mol. The van der Waals surface area contributed by atoms with Gasteiger partial charge in [-0.05, 0) is 89.0 Å². The average molecular weight is 607 g/mol. The SMILES string of the molecule is C=C1/C=C\C=C/N(C)c2ccc3c(oc4ccc(-c5ccc(O)c(-c6cccc(-n7c8ccccc8c8ccccc87)c6)c5)cc43)c21. The van der Waals surface area contributed by atoms with Crippen molar-refractivity contribution in [1.29, 1.82) is 0 Å². The number of para-hydroxylation sites is 2. The van der Waals surface area contributed by atoms with Crippen molar-refractivity contribution in [3.05, 3.63) is 158 Å². The molecule has 1 aliphatic heterocycles. The molecule has 9 rings (SSSR count). The topological polar surface area (TPSA) is 41.5 Å². The van der Waals surface area contributed by atoms with Crippen molar-refractivity contribution in [2.75, 3.05) is 11.9 Å². The summed E-state index contributed by atoms with van der Waals surface area (Å²) < 4.78 is 8.79. The minimum absolute atomic E-state index is 0.242. The maximum Gasteiger partial charge on any atom is 0.145 e. The number of aromatic nitrogens is 1. The van der Waals surface area contributed by atoms with Crippen LogP contribution < -0.4 is 4.90 Å². The molecule has 0 spiro atoms. The van der Waals surface area contributed by atoms with E-state index in [0.29, 0.717) is 0 Å². The van der Waals surface area contributed by atoms with E-state index < -0.39 is 0 Å². The van der Waals surface area contributed by atoms with Crippen LogP contribution in [0.1, 0.15) is 5.56 Å². The van der Waals surface area contributed by atoms with Gasteiger partial charge in [-0.3, -0.25) is 0 Å². The van der Waals surface area contributed by atoms with Gasteiger partial charge in [-0.2, -0.15) is 0 Å². The van der Waals surface area contributed by atoms with Gasteiger partial charge in [0.25, 0.3) is 0 Å². The predicted octanol–water partition coefficient (Wildman–Crippen LogP) is 11.3. The molecule has 1 aliphatic rings. The molecule has 0 unspecified atom stereocenters. The van der Waals surface area contributed by atoms with Crippen molar-refractivity contribution in [3.8, 4) is 33.7 Å². The molecule has 0 atom stereocenters. The summed E-state index contributed by atoms with van der Waals surface area (Å²) in [5.74, 6) is 0.242. The van der Waals surface area contributed by atoms with E-state index in [1.807, 2.05) is 43.6 Å². The molecular weight excluding hydrogens is 576 g/mol. The van der Waals surface area contributed by atoms with Gasteiger partial charge in [-0.15, -0.1) is 0 Å². The van der Waals surface area contributed by atoms with Crippen LogP contribution in [0.2, 0.25) is 0 Å². The molecule has 0 saturated carbocycles. The lowest BCUT2D eigenvalue weighted by atomic mass is 9.96. The number of nitrogens with zero attached hydrogens (tertiary/aromatic N) is 2. The fourth-order valence-corrected chi connectivity index (χ4v) is 7.09. The number of anilines is 1. The van der Waals surface area contributed by atoms with Crippen LogP contribution in [-0.2, 0) is 0 Å². The quantitative estimate of drug-likeness (QED) is 0.218. The van der Waals surface area contributed by atoms with E-state index in [4.69, 9.17) is 4.42 Å². The fraction of sp³-hybridized carbons (Fsp3) is 0.0233. The molecule has 3 heterocycles. The fourth-order valence-electron chi connectivity index (χ4n) is 7.09. The van der Waals surface area contributed by atoms with E-state index in [0.717, 1.165) is 77.7 Å². The minimum Gasteiger partial charge on any atom is -0.507 e. The molecular formula is C43H30N2O2. The minimum atomic E-state index is 0.242. The van der Waals surface area contributed by atoms with Crippen LogP contribution in [0, 0.1) is 0 Å². The third-order valence-electron chi connectivity index (χ3n) is 9.36. The number of hydrogen-bond donors (Lipinski definition) is 1. The summed E-state index contributed by atoms with van der Waals surface area (Å²) in [6.07, 6.45) is 8.07. The van der Waals surface area contributed by atoms with Gasteiger partial charge < -0.3 is 19.0 Å². The second kappa shape index (κ2) is 10.4. The van der Waals surface area contributed by atoms with Crippen molar-refractivity contribution >= 4 is 55.0 Å². The molecule has 0 radical (unpaired) electrons. The maximum atomic E-state index is 11.1. The molecule has 4 nitrogen and oxygen atoms in total. The van der Waals surface area contributed by atoms with Gasteiger partial charge >= 0.3 is 0 Å². The van der Waals surface area contributed by atoms with Crippen LogP contribution in [0.15, 0.2) is 157 Å². The number of aromatic hydroxyl groups is 1. The Morgan fingerprint density at radius 1 is 0.638 bits per heavy atom. The number of allylic oxidation sites excluding steroid dienone is 4. The molecule has 224 valence electrons. The molecule has 0 aliphatic carbocycles. The van der Waals surface area contributed by atoms with Gasteiger partial charge in [0.15, 0.2) is 0 Å². The lowest BCUT2D eigenvalue weighted by Gasteiger charge is -2.20. The van der Waals surface area contributed by atoms with Crippen LogP contribution in [-0.4, -0.2) is 16.7 Å². The molecule has 4 heteroatoms. The third kappa shape index (κ3) is 4.23. The van der Waals surface area contributed by atoms with Gasteiger partial charge in [0.1, 0.15) is 16.9 Å². The number of phenols is 1. The summed E-state index contributed by atoms with van der Waals surface area (Å²) in [6, 6.07) is 41.8. The van der Waals surface area contributed by atoms with E-state index in [1.54, 1.807) is 6.07 Å². The van der Waals surface area contributed by atoms with E-state index in [9.17, 15) is 5.11 Å². The highest BCUT2D eigenvalue weighted by molar-refractivity contribution is 6.12. The number of fused-ring (bicyclic) bond motifs is 8. The van der Waals surface area contributed by atoms with Crippen LogP contribution in [0.4, 0.5) is 5.69 Å². The van der Waals surface area contributed by atoms with E-state index in [2.05, 4.69) is 119 Å². The van der Waals surface area contributed by atoms with Crippen LogP contribution >= 0.6 is 0 Å². The highest BCUT2D eigenvalue weighted by atomic mass is 16.3. The van der Waals surface area contributed by atoms with Gasteiger partial charge in [-0.1, -0.05) is 79.4 Å². The molecule has 2 aromatic heterocycles. The summed E-state index contributed by atoms with van der Waals surface area (Å²) in [4.78, 5) is 2.09. The normalized spacial score (nSPS) is 14.5. The third-order valence-corrected chi connectivity index (χ3v) is 9.36. The van der Waals surface area contributed by atoms with Gasteiger partial charge in [0, 0.05) is 51.6 Å². The van der Waals surface area contributed by atoms with Crippen molar-refractivity contribution < 1.29 is 9.52 Å². The summed E-state index contributed by atoms with van der Waals surface area (Å²) in [5.41, 5.74) is 11.8. The van der Waals surface area contributed by atoms with Gasteiger partial charge in [0.05, 0.1) is 16.7 Å². The van der Waals surface area contributed by atoms with Crippen LogP contribution in [0.3, 0.4) is 0 Å². The van der Waals surface area contributed by atoms with Crippen LogP contribution in [0.5, 0.6) is 5.75 Å². The van der Waals surface area contributed by atoms with Gasteiger partial charge in [-0.25, -0.2) is 0 Å². The molecule has 1 N–H and O–H groups in total. The van der Waals surface area contributed by atoms with Crippen molar-refractivity contribution in [2.45, 2.75) is 0 Å². The average Bonchev–Trinajstić information content (AvgIpc) is 3.64. The Hall–Kier alpha value is -6.26. The first kappa shape index (κ1) is 27.1. The molecule has 0 fully saturated rings. The first-order chi connectivity index (χ1) is 23.0. The first-order valence-electron chi connectivity index (χ1n) is 15.7. The Balaban J connectivity index is 1.16. The van der Waals surface area contributed by atoms with Crippen molar-refractivity contribution in [3.63, 3.8) is 0 Å². The van der Waals surface area contributed by atoms with Gasteiger partial charge in [0.2, 0.25) is 0 Å².